The van der Waals surface area contributed by atoms with Gasteiger partial charge in [0.1, 0.15) is 11.6 Å². The van der Waals surface area contributed by atoms with Crippen LogP contribution in [0.15, 0.2) is 72.8 Å². The topological polar surface area (TPSA) is 81.4 Å². The van der Waals surface area contributed by atoms with E-state index in [0.717, 1.165) is 57.5 Å². The van der Waals surface area contributed by atoms with Crippen molar-refractivity contribution >= 4 is 32.8 Å². The second kappa shape index (κ2) is 8.05. The van der Waals surface area contributed by atoms with E-state index in [1.807, 2.05) is 0 Å². The van der Waals surface area contributed by atoms with Crippen molar-refractivity contribution in [3.63, 3.8) is 0 Å². The van der Waals surface area contributed by atoms with E-state index in [4.69, 9.17) is 9.97 Å². The Morgan fingerprint density at radius 1 is 0.610 bits per heavy atom. The molecule has 6 heteroatoms. The molecule has 202 valence electrons. The predicted molar refractivity (Wildman–Crippen MR) is 163 cm³/mol. The molecule has 7 atom stereocenters. The van der Waals surface area contributed by atoms with E-state index < -0.39 is 0 Å². The van der Waals surface area contributed by atoms with Crippen molar-refractivity contribution in [1.82, 2.24) is 30.6 Å². The minimum absolute atomic E-state index is 0.359. The van der Waals surface area contributed by atoms with Gasteiger partial charge in [0.25, 0.3) is 0 Å². The molecule has 0 unspecified atom stereocenters. The molecule has 6 nitrogen and oxygen atoms in total. The lowest BCUT2D eigenvalue weighted by molar-refractivity contribution is 0.499. The number of aromatic amines is 2. The van der Waals surface area contributed by atoms with Crippen molar-refractivity contribution < 1.29 is 0 Å². The number of H-pyrrole nitrogens is 2. The van der Waals surface area contributed by atoms with Crippen LogP contribution in [0.5, 0.6) is 0 Å². The van der Waals surface area contributed by atoms with Crippen molar-refractivity contribution in [3.8, 4) is 22.3 Å². The van der Waals surface area contributed by atoms with Crippen LogP contribution in [0.3, 0.4) is 0 Å². The molecule has 4 heterocycles. The molecule has 0 amide bonds. The van der Waals surface area contributed by atoms with Crippen LogP contribution in [0.2, 0.25) is 0 Å². The quantitative estimate of drug-likeness (QED) is 0.195. The van der Waals surface area contributed by atoms with Gasteiger partial charge in [-0.2, -0.15) is 0 Å². The van der Waals surface area contributed by atoms with Crippen molar-refractivity contribution in [2.75, 3.05) is 0 Å². The maximum absolute atomic E-state index is 4.92. The van der Waals surface area contributed by atoms with E-state index in [9.17, 15) is 0 Å². The summed E-state index contributed by atoms with van der Waals surface area (Å²) in [7, 11) is 0. The molecule has 10 rings (SSSR count). The lowest BCUT2D eigenvalue weighted by Crippen LogP contribution is -2.20. The lowest BCUT2D eigenvalue weighted by atomic mass is 9.97. The third-order valence-corrected chi connectivity index (χ3v) is 10.5. The minimum atomic E-state index is 0.359. The van der Waals surface area contributed by atoms with Crippen LogP contribution in [-0.2, 0) is 0 Å². The molecule has 2 saturated carbocycles. The van der Waals surface area contributed by atoms with Crippen LogP contribution >= 0.6 is 0 Å². The van der Waals surface area contributed by atoms with Gasteiger partial charge in [-0.05, 0) is 106 Å². The Bertz CT molecular complexity index is 2000. The van der Waals surface area contributed by atoms with Gasteiger partial charge in [0.15, 0.2) is 0 Å². The summed E-state index contributed by atoms with van der Waals surface area (Å²) in [5.41, 5.74) is 9.19. The minimum Gasteiger partial charge on any atom is -0.341 e. The van der Waals surface area contributed by atoms with Crippen LogP contribution in [0.25, 0.3) is 55.1 Å². The predicted octanol–water partition coefficient (Wildman–Crippen LogP) is 7.02. The van der Waals surface area contributed by atoms with Gasteiger partial charge >= 0.3 is 0 Å². The van der Waals surface area contributed by atoms with E-state index in [1.54, 1.807) is 0 Å². The Kier molecular flexibility index (Phi) is 4.45. The molecule has 6 aromatic rings. The molecule has 4 N–H and O–H groups in total. The van der Waals surface area contributed by atoms with Crippen molar-refractivity contribution in [2.45, 2.75) is 50.4 Å². The zero-order valence-corrected chi connectivity index (χ0v) is 23.0. The fraction of sp³-hybridized carbons (Fsp3) is 0.314. The number of imidazole rings is 2. The molecule has 4 aliphatic rings. The van der Waals surface area contributed by atoms with Gasteiger partial charge in [0, 0.05) is 12.1 Å². The zero-order chi connectivity index (χ0) is 26.8. The third kappa shape index (κ3) is 3.57. The number of benzene rings is 4. The first-order valence-electron chi connectivity index (χ1n) is 15.2. The second-order valence-corrected chi connectivity index (χ2v) is 13.0. The Labute approximate surface area is 238 Å². The maximum atomic E-state index is 4.92. The Hall–Kier alpha value is -4.00. The van der Waals surface area contributed by atoms with E-state index >= 15 is 0 Å². The summed E-state index contributed by atoms with van der Waals surface area (Å²) < 4.78 is 0. The summed E-state index contributed by atoms with van der Waals surface area (Å²) in [6, 6.07) is 28.9. The van der Waals surface area contributed by atoms with E-state index in [-0.39, 0.29) is 0 Å². The van der Waals surface area contributed by atoms with Gasteiger partial charge in [-0.3, -0.25) is 0 Å². The number of hydrogen-bond donors (Lipinski definition) is 4. The largest absolute Gasteiger partial charge is 0.341 e. The first-order chi connectivity index (χ1) is 20.1. The summed E-state index contributed by atoms with van der Waals surface area (Å²) in [5, 5.41) is 9.96. The lowest BCUT2D eigenvalue weighted by Gasteiger charge is -2.11. The Morgan fingerprint density at radius 3 is 1.71 bits per heavy atom. The van der Waals surface area contributed by atoms with Crippen LogP contribution < -0.4 is 10.6 Å². The van der Waals surface area contributed by atoms with Crippen molar-refractivity contribution in [3.05, 3.63) is 84.4 Å². The van der Waals surface area contributed by atoms with Crippen molar-refractivity contribution in [1.29, 1.82) is 0 Å². The highest BCUT2D eigenvalue weighted by atomic mass is 15.1. The number of aromatic nitrogens is 4. The number of fused-ring (bicyclic) bond motifs is 5. The molecule has 41 heavy (non-hydrogen) atoms. The molecular weight excluding hydrogens is 504 g/mol. The summed E-state index contributed by atoms with van der Waals surface area (Å²) in [5.74, 6) is 4.67. The number of piperidine rings is 2. The number of nitrogens with zero attached hydrogens (tertiary/aromatic N) is 2. The average molecular weight is 537 g/mol. The molecule has 4 fully saturated rings. The number of rotatable bonds is 4. The summed E-state index contributed by atoms with van der Waals surface area (Å²) >= 11 is 0. The molecular formula is C35H32N6. The van der Waals surface area contributed by atoms with Gasteiger partial charge in [0.05, 0.1) is 34.2 Å². The van der Waals surface area contributed by atoms with Gasteiger partial charge < -0.3 is 20.6 Å². The second-order valence-electron chi connectivity index (χ2n) is 13.0. The van der Waals surface area contributed by atoms with Crippen molar-refractivity contribution in [2.24, 2.45) is 17.8 Å². The Morgan fingerprint density at radius 2 is 1.17 bits per heavy atom. The van der Waals surface area contributed by atoms with Gasteiger partial charge in [-0.15, -0.1) is 0 Å². The number of nitrogens with one attached hydrogen (secondary N) is 4. The molecule has 4 aromatic carbocycles. The fourth-order valence-corrected chi connectivity index (χ4v) is 7.83. The van der Waals surface area contributed by atoms with Gasteiger partial charge in [0.2, 0.25) is 0 Å². The smallest absolute Gasteiger partial charge is 0.124 e. The SMILES string of the molecule is C[C@@H]1[C@@H]2C[C@@H](c3nc4ccc(-c5ccc6cc(-c7ccc8nc([C@@H]9C[C@H]%10C[C@H]%10N9)[nH]c8c7)ccc6c5)cc4[nH]3)N[C@H]12. The van der Waals surface area contributed by atoms with Crippen LogP contribution in [0, 0.1) is 17.8 Å². The molecule has 0 spiro atoms. The molecule has 2 aliphatic heterocycles. The molecule has 0 radical (unpaired) electrons. The summed E-state index contributed by atoms with van der Waals surface area (Å²) in [4.78, 5) is 17.0. The van der Waals surface area contributed by atoms with Crippen LogP contribution in [0.4, 0.5) is 0 Å². The standard InChI is InChI=1S/C35H32N6/c1-17-25-16-32(37-33(17)25)35-39-27-9-7-23(13-30(27)41-35)21-5-3-18-10-20(4-2-19(18)11-21)22-6-8-26-29(12-22)40-34(38-26)31-15-24-14-28(24)36-31/h2-13,17,24-25,28,31-33,36-37H,14-16H2,1H3,(H,38,40)(H,39,41)/t17-,24-,25+,28-,31+,32+,33-/m1/s1. The third-order valence-electron chi connectivity index (χ3n) is 10.5. The first kappa shape index (κ1) is 22.7. The zero-order valence-electron chi connectivity index (χ0n) is 23.0. The van der Waals surface area contributed by atoms with E-state index in [0.29, 0.717) is 18.1 Å². The molecule has 2 aromatic heterocycles. The molecule has 2 saturated heterocycles. The first-order valence-corrected chi connectivity index (χ1v) is 15.2. The van der Waals surface area contributed by atoms with Gasteiger partial charge in [-0.25, -0.2) is 9.97 Å². The fourth-order valence-electron chi connectivity index (χ4n) is 7.83. The summed E-state index contributed by atoms with van der Waals surface area (Å²) in [6.07, 6.45) is 3.74. The number of hydrogen-bond acceptors (Lipinski definition) is 4. The van der Waals surface area contributed by atoms with Gasteiger partial charge in [-0.1, -0.05) is 43.3 Å². The molecule has 0 bridgehead atoms. The highest BCUT2D eigenvalue weighted by molar-refractivity contribution is 5.93. The Balaban J connectivity index is 0.930. The normalized spacial score (nSPS) is 29.8. The highest BCUT2D eigenvalue weighted by Gasteiger charge is 2.54. The highest BCUT2D eigenvalue weighted by Crippen LogP contribution is 2.51. The average Bonchev–Trinajstić information content (AvgIpc) is 3.52. The monoisotopic (exact) mass is 536 g/mol. The van der Waals surface area contributed by atoms with E-state index in [1.165, 1.54) is 52.3 Å². The maximum Gasteiger partial charge on any atom is 0.124 e. The molecule has 2 aliphatic carbocycles. The van der Waals surface area contributed by atoms with E-state index in [2.05, 4.69) is 100 Å². The summed E-state index contributed by atoms with van der Waals surface area (Å²) in [6.45, 7) is 2.35. The van der Waals surface area contributed by atoms with Crippen LogP contribution in [-0.4, -0.2) is 32.0 Å². The van der Waals surface area contributed by atoms with Crippen LogP contribution in [0.1, 0.15) is 49.9 Å².